The molecule has 0 N–H and O–H groups in total. The van der Waals surface area contributed by atoms with Gasteiger partial charge in [0.1, 0.15) is 0 Å². The average Bonchev–Trinajstić information content (AvgIpc) is 2.98. The van der Waals surface area contributed by atoms with Crippen molar-refractivity contribution in [3.63, 3.8) is 0 Å². The maximum atomic E-state index is 12.3. The van der Waals surface area contributed by atoms with Crippen molar-refractivity contribution in [3.05, 3.63) is 11.6 Å². The van der Waals surface area contributed by atoms with Crippen LogP contribution in [0.25, 0.3) is 0 Å². The van der Waals surface area contributed by atoms with Crippen LogP contribution in [0.4, 0.5) is 0 Å². The fourth-order valence-corrected chi connectivity index (χ4v) is 5.78. The van der Waals surface area contributed by atoms with Crippen molar-refractivity contribution in [1.29, 1.82) is 0 Å². The highest BCUT2D eigenvalue weighted by molar-refractivity contribution is 6.04. The standard InChI is InChI=1S/C16H14O6/c17-12-8-7-5-6-3-1-2-4-16(6,10(8)14(19)21-12)11-9(7)13(18)22-15(11)20/h5,7-11H,1-4H2/t7?,8-,9+,10-,11+,16?. The number of ether oxygens (including phenoxy) is 2. The van der Waals surface area contributed by atoms with Crippen LogP contribution in [-0.4, -0.2) is 23.9 Å². The predicted molar refractivity (Wildman–Crippen MR) is 68.6 cm³/mol. The fourth-order valence-electron chi connectivity index (χ4n) is 5.78. The molecule has 22 heavy (non-hydrogen) atoms. The quantitative estimate of drug-likeness (QED) is 0.373. The molecule has 2 saturated heterocycles. The van der Waals surface area contributed by atoms with Gasteiger partial charge in [0.05, 0.1) is 23.7 Å². The van der Waals surface area contributed by atoms with E-state index in [1.807, 2.05) is 6.08 Å². The predicted octanol–water partition coefficient (Wildman–Crippen LogP) is 0.748. The summed E-state index contributed by atoms with van der Waals surface area (Å²) in [6.45, 7) is 0. The third-order valence-electron chi connectivity index (χ3n) is 6.39. The number of rotatable bonds is 0. The summed E-state index contributed by atoms with van der Waals surface area (Å²) in [5.41, 5.74) is 0.319. The van der Waals surface area contributed by atoms with Crippen molar-refractivity contribution >= 4 is 23.9 Å². The normalized spacial score (nSPS) is 48.4. The van der Waals surface area contributed by atoms with Gasteiger partial charge in [-0.15, -0.1) is 0 Å². The summed E-state index contributed by atoms with van der Waals surface area (Å²) in [5, 5.41) is 0. The molecular weight excluding hydrogens is 288 g/mol. The first kappa shape index (κ1) is 12.6. The monoisotopic (exact) mass is 302 g/mol. The Morgan fingerprint density at radius 2 is 1.45 bits per heavy atom. The zero-order chi connectivity index (χ0) is 15.2. The van der Waals surface area contributed by atoms with Crippen LogP contribution in [0.3, 0.4) is 0 Å². The summed E-state index contributed by atoms with van der Waals surface area (Å²) < 4.78 is 9.79. The van der Waals surface area contributed by atoms with Crippen LogP contribution in [0.5, 0.6) is 0 Å². The van der Waals surface area contributed by atoms with Gasteiger partial charge in [-0.1, -0.05) is 18.1 Å². The Hall–Kier alpha value is -1.98. The zero-order valence-corrected chi connectivity index (χ0v) is 11.7. The molecule has 0 radical (unpaired) electrons. The molecule has 0 aromatic rings. The molecule has 6 aliphatic rings. The summed E-state index contributed by atoms with van der Waals surface area (Å²) >= 11 is 0. The number of allylic oxidation sites excluding steroid dienone is 2. The average molecular weight is 302 g/mol. The van der Waals surface area contributed by atoms with Crippen molar-refractivity contribution in [2.24, 2.45) is 35.0 Å². The lowest BCUT2D eigenvalue weighted by Crippen LogP contribution is -2.60. The Morgan fingerprint density at radius 3 is 2.05 bits per heavy atom. The number of carbonyl (C=O) groups is 4. The topological polar surface area (TPSA) is 86.7 Å². The Bertz CT molecular complexity index is 647. The van der Waals surface area contributed by atoms with Crippen LogP contribution in [-0.2, 0) is 28.7 Å². The summed E-state index contributed by atoms with van der Waals surface area (Å²) in [6.07, 6.45) is 5.30. The van der Waals surface area contributed by atoms with Gasteiger partial charge in [0.25, 0.3) is 0 Å². The summed E-state index contributed by atoms with van der Waals surface area (Å²) in [6, 6.07) is 0. The Balaban J connectivity index is 1.80. The Kier molecular flexibility index (Phi) is 2.09. The molecule has 6 nitrogen and oxygen atoms in total. The van der Waals surface area contributed by atoms with Gasteiger partial charge in [-0.3, -0.25) is 19.2 Å². The van der Waals surface area contributed by atoms with Gasteiger partial charge in [-0.25, -0.2) is 0 Å². The zero-order valence-electron chi connectivity index (χ0n) is 11.7. The molecule has 2 unspecified atom stereocenters. The lowest BCUT2D eigenvalue weighted by Gasteiger charge is -2.57. The van der Waals surface area contributed by atoms with Gasteiger partial charge >= 0.3 is 23.9 Å². The van der Waals surface area contributed by atoms with Crippen LogP contribution in [0.15, 0.2) is 11.6 Å². The number of esters is 4. The molecule has 6 heteroatoms. The van der Waals surface area contributed by atoms with Crippen molar-refractivity contribution in [3.8, 4) is 0 Å². The van der Waals surface area contributed by atoms with E-state index < -0.39 is 58.9 Å². The maximum Gasteiger partial charge on any atom is 0.318 e. The first-order valence-corrected chi connectivity index (χ1v) is 7.78. The van der Waals surface area contributed by atoms with Gasteiger partial charge in [0.2, 0.25) is 0 Å². The van der Waals surface area contributed by atoms with Gasteiger partial charge in [0, 0.05) is 11.3 Å². The molecule has 2 aliphatic heterocycles. The minimum atomic E-state index is -0.741. The second-order valence-corrected chi connectivity index (χ2v) is 7.00. The molecule has 0 aromatic heterocycles. The van der Waals surface area contributed by atoms with E-state index >= 15 is 0 Å². The van der Waals surface area contributed by atoms with Crippen LogP contribution < -0.4 is 0 Å². The van der Waals surface area contributed by atoms with E-state index in [9.17, 15) is 19.2 Å². The van der Waals surface area contributed by atoms with Gasteiger partial charge < -0.3 is 9.47 Å². The summed E-state index contributed by atoms with van der Waals surface area (Å²) in [4.78, 5) is 49.0. The lowest BCUT2D eigenvalue weighted by atomic mass is 9.41. The number of carbonyl (C=O) groups excluding carboxylic acids is 4. The van der Waals surface area contributed by atoms with E-state index in [1.54, 1.807) is 0 Å². The summed E-state index contributed by atoms with van der Waals surface area (Å²) in [5.74, 6) is -5.10. The smallest absolute Gasteiger partial charge is 0.318 e. The SMILES string of the molecule is O=C1OC(=O)[C@H]2[C@H]1C1C=C3CCCCC32[C@@H]2C(=O)OC(=O)[C@@H]12. The molecule has 2 heterocycles. The number of hydrogen-bond acceptors (Lipinski definition) is 6. The molecule has 6 atom stereocenters. The first-order valence-electron chi connectivity index (χ1n) is 7.78. The fraction of sp³-hybridized carbons (Fsp3) is 0.625. The van der Waals surface area contributed by atoms with Crippen molar-refractivity contribution in [2.75, 3.05) is 0 Å². The second kappa shape index (κ2) is 3.67. The third kappa shape index (κ3) is 1.13. The lowest BCUT2D eigenvalue weighted by molar-refractivity contribution is -0.156. The number of cyclic esters (lactones) is 4. The Labute approximate surface area is 125 Å². The minimum Gasteiger partial charge on any atom is -0.393 e. The molecule has 4 fully saturated rings. The molecule has 1 spiro atoms. The van der Waals surface area contributed by atoms with Crippen LogP contribution >= 0.6 is 0 Å². The first-order chi connectivity index (χ1) is 10.6. The third-order valence-corrected chi connectivity index (χ3v) is 6.39. The highest BCUT2D eigenvalue weighted by Gasteiger charge is 2.75. The van der Waals surface area contributed by atoms with Gasteiger partial charge in [-0.2, -0.15) is 0 Å². The Morgan fingerprint density at radius 1 is 0.864 bits per heavy atom. The van der Waals surface area contributed by atoms with Crippen LogP contribution in [0.1, 0.15) is 25.7 Å². The molecule has 4 aliphatic carbocycles. The maximum absolute atomic E-state index is 12.3. The molecule has 2 saturated carbocycles. The van der Waals surface area contributed by atoms with Gasteiger partial charge in [-0.05, 0) is 19.3 Å². The highest BCUT2D eigenvalue weighted by Crippen LogP contribution is 2.69. The number of hydrogen-bond donors (Lipinski definition) is 0. The molecule has 114 valence electrons. The van der Waals surface area contributed by atoms with E-state index in [1.165, 1.54) is 0 Å². The molecule has 2 bridgehead atoms. The van der Waals surface area contributed by atoms with Crippen LogP contribution in [0, 0.1) is 35.0 Å². The van der Waals surface area contributed by atoms with E-state index in [0.29, 0.717) is 6.42 Å². The largest absolute Gasteiger partial charge is 0.393 e. The second-order valence-electron chi connectivity index (χ2n) is 7.00. The van der Waals surface area contributed by atoms with E-state index in [4.69, 9.17) is 9.47 Å². The van der Waals surface area contributed by atoms with Crippen LogP contribution in [0.2, 0.25) is 0 Å². The van der Waals surface area contributed by atoms with Crippen molar-refractivity contribution in [1.82, 2.24) is 0 Å². The van der Waals surface area contributed by atoms with E-state index in [2.05, 4.69) is 0 Å². The summed E-state index contributed by atoms with van der Waals surface area (Å²) in [7, 11) is 0. The minimum absolute atomic E-state index is 0.442. The molecule has 0 amide bonds. The van der Waals surface area contributed by atoms with E-state index in [0.717, 1.165) is 24.8 Å². The molecule has 6 rings (SSSR count). The molecular formula is C16H14O6. The van der Waals surface area contributed by atoms with Gasteiger partial charge in [0.15, 0.2) is 0 Å². The van der Waals surface area contributed by atoms with Crippen molar-refractivity contribution < 1.29 is 28.7 Å². The van der Waals surface area contributed by atoms with E-state index in [-0.39, 0.29) is 0 Å². The van der Waals surface area contributed by atoms with Crippen molar-refractivity contribution in [2.45, 2.75) is 25.7 Å². The molecule has 0 aromatic carbocycles. The highest BCUT2D eigenvalue weighted by atomic mass is 16.6.